The van der Waals surface area contributed by atoms with Crippen LogP contribution in [0.1, 0.15) is 0 Å². The van der Waals surface area contributed by atoms with Gasteiger partial charge >= 0.3 is 0 Å². The van der Waals surface area contributed by atoms with E-state index >= 15 is 0 Å². The fraction of sp³-hybridized carbons (Fsp3) is 0. The Kier molecular flexibility index (Phi) is 3.14. The smallest absolute Gasteiger partial charge is 0.251 e. The van der Waals surface area contributed by atoms with Gasteiger partial charge in [0.25, 0.3) is 5.56 Å². The standard InChI is InChI=1S/C9H4F3N3OS/c10-4-3-5(11)8(15-7(4)12)17-9-13-2-1-6(16)14-9/h1-3H,(H,13,14,16). The van der Waals surface area contributed by atoms with Crippen molar-refractivity contribution in [2.24, 2.45) is 0 Å². The van der Waals surface area contributed by atoms with Crippen LogP contribution in [0, 0.1) is 17.6 Å². The third-order valence-corrected chi connectivity index (χ3v) is 2.58. The molecule has 0 aliphatic rings. The number of halogens is 3. The summed E-state index contributed by atoms with van der Waals surface area (Å²) < 4.78 is 38.6. The number of nitrogens with one attached hydrogen (secondary N) is 1. The van der Waals surface area contributed by atoms with Gasteiger partial charge in [0.05, 0.1) is 0 Å². The summed E-state index contributed by atoms with van der Waals surface area (Å²) >= 11 is 0.592. The predicted octanol–water partition coefficient (Wildman–Crippen LogP) is 1.73. The second kappa shape index (κ2) is 4.58. The van der Waals surface area contributed by atoms with Crippen LogP contribution in [-0.2, 0) is 0 Å². The lowest BCUT2D eigenvalue weighted by molar-refractivity contribution is 0.448. The highest BCUT2D eigenvalue weighted by atomic mass is 32.2. The minimum Gasteiger partial charge on any atom is -0.301 e. The molecule has 0 saturated heterocycles. The Morgan fingerprint density at radius 2 is 2.00 bits per heavy atom. The quantitative estimate of drug-likeness (QED) is 0.659. The van der Waals surface area contributed by atoms with E-state index in [2.05, 4.69) is 15.0 Å². The van der Waals surface area contributed by atoms with Crippen LogP contribution in [0.4, 0.5) is 13.2 Å². The summed E-state index contributed by atoms with van der Waals surface area (Å²) in [7, 11) is 0. The van der Waals surface area contributed by atoms with Crippen molar-refractivity contribution in [1.29, 1.82) is 0 Å². The number of pyridine rings is 1. The molecule has 0 atom stereocenters. The van der Waals surface area contributed by atoms with Gasteiger partial charge in [-0.1, -0.05) is 0 Å². The second-order valence-electron chi connectivity index (χ2n) is 2.89. The topological polar surface area (TPSA) is 58.6 Å². The van der Waals surface area contributed by atoms with Crippen LogP contribution in [-0.4, -0.2) is 15.0 Å². The van der Waals surface area contributed by atoms with E-state index in [-0.39, 0.29) is 5.16 Å². The van der Waals surface area contributed by atoms with Crippen molar-refractivity contribution in [3.63, 3.8) is 0 Å². The van der Waals surface area contributed by atoms with Crippen LogP contribution in [0.25, 0.3) is 0 Å². The first-order valence-corrected chi connectivity index (χ1v) is 5.12. The van der Waals surface area contributed by atoms with Gasteiger partial charge in [-0.25, -0.2) is 18.7 Å². The third-order valence-electron chi connectivity index (χ3n) is 1.70. The highest BCUT2D eigenvalue weighted by molar-refractivity contribution is 7.99. The fourth-order valence-electron chi connectivity index (χ4n) is 0.996. The fourth-order valence-corrected chi connectivity index (χ4v) is 1.73. The first kappa shape index (κ1) is 11.6. The van der Waals surface area contributed by atoms with Crippen molar-refractivity contribution in [1.82, 2.24) is 15.0 Å². The van der Waals surface area contributed by atoms with Gasteiger partial charge in [-0.3, -0.25) is 4.79 Å². The SMILES string of the molecule is O=c1ccnc(Sc2nc(F)c(F)cc2F)[nH]1. The molecule has 88 valence electrons. The molecule has 2 rings (SSSR count). The zero-order valence-electron chi connectivity index (χ0n) is 8.08. The lowest BCUT2D eigenvalue weighted by atomic mass is 10.4. The lowest BCUT2D eigenvalue weighted by Crippen LogP contribution is -2.05. The van der Waals surface area contributed by atoms with Crippen LogP contribution in [0.5, 0.6) is 0 Å². The molecule has 0 unspecified atom stereocenters. The van der Waals surface area contributed by atoms with E-state index in [1.807, 2.05) is 0 Å². The van der Waals surface area contributed by atoms with Gasteiger partial charge < -0.3 is 4.98 Å². The number of hydrogen-bond donors (Lipinski definition) is 1. The number of aromatic nitrogens is 3. The minimum absolute atomic E-state index is 0.0370. The minimum atomic E-state index is -1.41. The maximum Gasteiger partial charge on any atom is 0.251 e. The van der Waals surface area contributed by atoms with Gasteiger partial charge in [0.2, 0.25) is 5.95 Å². The number of hydrogen-bond acceptors (Lipinski definition) is 4. The normalized spacial score (nSPS) is 10.5. The highest BCUT2D eigenvalue weighted by Gasteiger charge is 2.13. The van der Waals surface area contributed by atoms with E-state index in [1.165, 1.54) is 12.3 Å². The number of nitrogens with zero attached hydrogens (tertiary/aromatic N) is 2. The van der Waals surface area contributed by atoms with Gasteiger partial charge in [-0.2, -0.15) is 4.39 Å². The molecule has 0 aliphatic carbocycles. The van der Waals surface area contributed by atoms with Crippen molar-refractivity contribution in [2.75, 3.05) is 0 Å². The van der Waals surface area contributed by atoms with E-state index in [4.69, 9.17) is 0 Å². The summed E-state index contributed by atoms with van der Waals surface area (Å²) in [4.78, 5) is 20.0. The Hall–Kier alpha value is -1.83. The van der Waals surface area contributed by atoms with Gasteiger partial charge in [0, 0.05) is 18.3 Å². The van der Waals surface area contributed by atoms with Crippen LogP contribution in [0.15, 0.2) is 33.3 Å². The third kappa shape index (κ3) is 2.64. The molecule has 0 fully saturated rings. The van der Waals surface area contributed by atoms with Crippen LogP contribution < -0.4 is 5.56 Å². The average molecular weight is 259 g/mol. The molecular formula is C9H4F3N3OS. The molecule has 4 nitrogen and oxygen atoms in total. The van der Waals surface area contributed by atoms with Crippen molar-refractivity contribution in [3.8, 4) is 0 Å². The predicted molar refractivity (Wildman–Crippen MR) is 53.1 cm³/mol. The molecule has 2 aromatic heterocycles. The van der Waals surface area contributed by atoms with Crippen LogP contribution in [0.2, 0.25) is 0 Å². The number of rotatable bonds is 2. The Labute approximate surface area is 96.9 Å². The molecule has 1 N–H and O–H groups in total. The lowest BCUT2D eigenvalue weighted by Gasteiger charge is -2.01. The first-order chi connectivity index (χ1) is 8.06. The van der Waals surface area contributed by atoms with Crippen molar-refractivity contribution >= 4 is 11.8 Å². The first-order valence-electron chi connectivity index (χ1n) is 4.31. The summed E-state index contributed by atoms with van der Waals surface area (Å²) in [6.45, 7) is 0. The maximum atomic E-state index is 13.2. The Morgan fingerprint density at radius 3 is 2.71 bits per heavy atom. The van der Waals surface area contributed by atoms with Gasteiger partial charge in [-0.15, -0.1) is 0 Å². The van der Waals surface area contributed by atoms with Gasteiger partial charge in [-0.05, 0) is 11.8 Å². The number of aromatic amines is 1. The molecule has 2 heterocycles. The van der Waals surface area contributed by atoms with Crippen LogP contribution in [0.3, 0.4) is 0 Å². The highest BCUT2D eigenvalue weighted by Crippen LogP contribution is 2.25. The van der Waals surface area contributed by atoms with Crippen LogP contribution >= 0.6 is 11.8 Å². The van der Waals surface area contributed by atoms with Crippen molar-refractivity contribution in [3.05, 3.63) is 46.3 Å². The molecule has 0 aromatic carbocycles. The molecule has 17 heavy (non-hydrogen) atoms. The zero-order valence-corrected chi connectivity index (χ0v) is 8.89. The van der Waals surface area contributed by atoms with E-state index in [0.717, 1.165) is 0 Å². The molecule has 0 amide bonds. The average Bonchev–Trinajstić information content (AvgIpc) is 2.26. The molecule has 0 aliphatic heterocycles. The monoisotopic (exact) mass is 259 g/mol. The molecule has 0 radical (unpaired) electrons. The molecule has 8 heteroatoms. The number of H-pyrrole nitrogens is 1. The molecule has 0 spiro atoms. The van der Waals surface area contributed by atoms with Gasteiger partial charge in [0.15, 0.2) is 16.8 Å². The van der Waals surface area contributed by atoms with Crippen molar-refractivity contribution < 1.29 is 13.2 Å². The summed E-state index contributed by atoms with van der Waals surface area (Å²) in [5.74, 6) is -3.81. The Balaban J connectivity index is 2.36. The van der Waals surface area contributed by atoms with E-state index in [9.17, 15) is 18.0 Å². The maximum absolute atomic E-state index is 13.2. The van der Waals surface area contributed by atoms with E-state index in [1.54, 1.807) is 0 Å². The molecule has 0 bridgehead atoms. The van der Waals surface area contributed by atoms with Crippen molar-refractivity contribution in [2.45, 2.75) is 10.2 Å². The Morgan fingerprint density at radius 1 is 1.24 bits per heavy atom. The largest absolute Gasteiger partial charge is 0.301 e. The molecule has 2 aromatic rings. The summed E-state index contributed by atoms with van der Waals surface area (Å²) in [6.07, 6.45) is 1.21. The Bertz CT molecular complexity index is 617. The second-order valence-corrected chi connectivity index (χ2v) is 3.87. The summed E-state index contributed by atoms with van der Waals surface area (Å²) in [6, 6.07) is 1.55. The zero-order chi connectivity index (χ0) is 12.4. The molecular weight excluding hydrogens is 255 g/mol. The van der Waals surface area contributed by atoms with E-state index in [0.29, 0.717) is 17.8 Å². The molecule has 0 saturated carbocycles. The van der Waals surface area contributed by atoms with Gasteiger partial charge in [0.1, 0.15) is 5.03 Å². The summed E-state index contributed by atoms with van der Waals surface area (Å²) in [5.41, 5.74) is -0.439. The summed E-state index contributed by atoms with van der Waals surface area (Å²) in [5, 5.41) is -0.367. The van der Waals surface area contributed by atoms with E-state index < -0.39 is 28.2 Å².